The van der Waals surface area contributed by atoms with Crippen LogP contribution in [0.3, 0.4) is 0 Å². The van der Waals surface area contributed by atoms with Gasteiger partial charge in [0.15, 0.2) is 11.5 Å². The summed E-state index contributed by atoms with van der Waals surface area (Å²) in [5.41, 5.74) is 8.16. The lowest BCUT2D eigenvalue weighted by Gasteiger charge is -2.19. The summed E-state index contributed by atoms with van der Waals surface area (Å²) < 4.78 is 16.1. The summed E-state index contributed by atoms with van der Waals surface area (Å²) in [5.74, 6) is 1.51. The molecule has 17 heavy (non-hydrogen) atoms. The highest BCUT2D eigenvalue weighted by molar-refractivity contribution is 5.68. The second-order valence-electron chi connectivity index (χ2n) is 3.88. The van der Waals surface area contributed by atoms with Gasteiger partial charge in [-0.25, -0.2) is 0 Å². The number of nitrogen functional groups attached to an aromatic ring is 1. The minimum Gasteiger partial charge on any atom is -0.486 e. The smallest absolute Gasteiger partial charge is 0.292 e. The van der Waals surface area contributed by atoms with Crippen LogP contribution in [0.1, 0.15) is 5.56 Å². The third-order valence-electron chi connectivity index (χ3n) is 2.69. The molecule has 5 heteroatoms. The van der Waals surface area contributed by atoms with E-state index in [-0.39, 0.29) is 6.01 Å². The molecular weight excluding hydrogens is 220 g/mol. The number of benzene rings is 1. The molecule has 1 aromatic heterocycles. The average molecular weight is 232 g/mol. The first kappa shape index (κ1) is 10.0. The molecule has 0 spiro atoms. The van der Waals surface area contributed by atoms with Crippen molar-refractivity contribution >= 4 is 6.01 Å². The molecule has 1 aromatic carbocycles. The number of anilines is 1. The summed E-state index contributed by atoms with van der Waals surface area (Å²) in [6.07, 6.45) is 1.54. The standard InChI is InChI=1S/C12H12N2O3/c1-7-4-10-11(16-3-2-15-10)5-8(7)9-6-17-12(13)14-9/h4-6H,2-3H2,1H3,(H2,13,14). The number of aromatic nitrogens is 1. The van der Waals surface area contributed by atoms with Gasteiger partial charge >= 0.3 is 0 Å². The molecule has 2 heterocycles. The molecular formula is C12H12N2O3. The predicted octanol–water partition coefficient (Wildman–Crippen LogP) is 2.00. The Labute approximate surface area is 98.2 Å². The lowest BCUT2D eigenvalue weighted by atomic mass is 10.1. The Kier molecular flexibility index (Phi) is 2.18. The fourth-order valence-electron chi connectivity index (χ4n) is 1.88. The van der Waals surface area contributed by atoms with Gasteiger partial charge in [-0.05, 0) is 24.6 Å². The zero-order valence-corrected chi connectivity index (χ0v) is 9.40. The van der Waals surface area contributed by atoms with Gasteiger partial charge in [0.1, 0.15) is 25.2 Å². The van der Waals surface area contributed by atoms with E-state index in [9.17, 15) is 0 Å². The highest BCUT2D eigenvalue weighted by atomic mass is 16.6. The van der Waals surface area contributed by atoms with Crippen molar-refractivity contribution in [3.8, 4) is 22.8 Å². The van der Waals surface area contributed by atoms with Crippen LogP contribution >= 0.6 is 0 Å². The van der Waals surface area contributed by atoms with Gasteiger partial charge in [-0.1, -0.05) is 0 Å². The summed E-state index contributed by atoms with van der Waals surface area (Å²) in [6, 6.07) is 4.00. The normalized spacial score (nSPS) is 13.7. The van der Waals surface area contributed by atoms with Crippen LogP contribution < -0.4 is 15.2 Å². The second kappa shape index (κ2) is 3.69. The number of nitrogens with zero attached hydrogens (tertiary/aromatic N) is 1. The molecule has 0 saturated carbocycles. The molecule has 88 valence electrons. The van der Waals surface area contributed by atoms with Crippen LogP contribution in [0.15, 0.2) is 22.8 Å². The van der Waals surface area contributed by atoms with Gasteiger partial charge in [0.2, 0.25) is 0 Å². The molecule has 0 aliphatic carbocycles. The van der Waals surface area contributed by atoms with Crippen LogP contribution in [0.4, 0.5) is 6.01 Å². The van der Waals surface area contributed by atoms with E-state index in [0.717, 1.165) is 22.6 Å². The maximum atomic E-state index is 5.53. The quantitative estimate of drug-likeness (QED) is 0.814. The fraction of sp³-hybridized carbons (Fsp3) is 0.250. The third kappa shape index (κ3) is 1.69. The van der Waals surface area contributed by atoms with Crippen molar-refractivity contribution in [2.24, 2.45) is 0 Å². The van der Waals surface area contributed by atoms with Gasteiger partial charge in [-0.15, -0.1) is 0 Å². The maximum Gasteiger partial charge on any atom is 0.292 e. The number of nitrogens with two attached hydrogens (primary N) is 1. The van der Waals surface area contributed by atoms with E-state index in [2.05, 4.69) is 4.98 Å². The summed E-state index contributed by atoms with van der Waals surface area (Å²) >= 11 is 0. The van der Waals surface area contributed by atoms with Gasteiger partial charge in [0, 0.05) is 5.56 Å². The second-order valence-corrected chi connectivity index (χ2v) is 3.88. The maximum absolute atomic E-state index is 5.53. The van der Waals surface area contributed by atoms with E-state index in [4.69, 9.17) is 19.6 Å². The molecule has 2 N–H and O–H groups in total. The van der Waals surface area contributed by atoms with E-state index in [1.807, 2.05) is 19.1 Å². The van der Waals surface area contributed by atoms with Crippen molar-refractivity contribution in [2.45, 2.75) is 6.92 Å². The van der Waals surface area contributed by atoms with Crippen LogP contribution in [-0.4, -0.2) is 18.2 Å². The largest absolute Gasteiger partial charge is 0.486 e. The zero-order valence-electron chi connectivity index (χ0n) is 9.40. The Morgan fingerprint density at radius 3 is 2.53 bits per heavy atom. The predicted molar refractivity (Wildman–Crippen MR) is 62.1 cm³/mol. The first-order valence-corrected chi connectivity index (χ1v) is 5.35. The van der Waals surface area contributed by atoms with Crippen LogP contribution in [0, 0.1) is 6.92 Å². The van der Waals surface area contributed by atoms with E-state index in [1.165, 1.54) is 6.26 Å². The van der Waals surface area contributed by atoms with Crippen molar-refractivity contribution in [3.05, 3.63) is 24.0 Å². The average Bonchev–Trinajstić information content (AvgIpc) is 2.75. The molecule has 5 nitrogen and oxygen atoms in total. The molecule has 2 aromatic rings. The topological polar surface area (TPSA) is 70.5 Å². The molecule has 3 rings (SSSR count). The van der Waals surface area contributed by atoms with Crippen molar-refractivity contribution in [3.63, 3.8) is 0 Å². The molecule has 0 fully saturated rings. The molecule has 0 atom stereocenters. The Bertz CT molecular complexity index is 563. The van der Waals surface area contributed by atoms with Crippen LogP contribution in [0.25, 0.3) is 11.3 Å². The first-order valence-electron chi connectivity index (χ1n) is 5.35. The minimum atomic E-state index is 0.161. The van der Waals surface area contributed by atoms with E-state index < -0.39 is 0 Å². The van der Waals surface area contributed by atoms with E-state index >= 15 is 0 Å². The summed E-state index contributed by atoms with van der Waals surface area (Å²) in [7, 11) is 0. The minimum absolute atomic E-state index is 0.161. The van der Waals surface area contributed by atoms with E-state index in [0.29, 0.717) is 18.9 Å². The molecule has 0 unspecified atom stereocenters. The molecule has 0 radical (unpaired) electrons. The van der Waals surface area contributed by atoms with Crippen molar-refractivity contribution < 1.29 is 13.9 Å². The number of ether oxygens (including phenoxy) is 2. The highest BCUT2D eigenvalue weighted by Gasteiger charge is 2.16. The third-order valence-corrected chi connectivity index (χ3v) is 2.69. The Morgan fingerprint density at radius 1 is 1.18 bits per heavy atom. The van der Waals surface area contributed by atoms with Gasteiger partial charge in [0.05, 0.1) is 0 Å². The number of aryl methyl sites for hydroxylation is 1. The Morgan fingerprint density at radius 2 is 1.88 bits per heavy atom. The number of oxazole rings is 1. The lowest BCUT2D eigenvalue weighted by molar-refractivity contribution is 0.171. The van der Waals surface area contributed by atoms with Crippen molar-refractivity contribution in [1.82, 2.24) is 4.98 Å². The van der Waals surface area contributed by atoms with Gasteiger partial charge in [-0.2, -0.15) is 4.98 Å². The van der Waals surface area contributed by atoms with Gasteiger partial charge in [-0.3, -0.25) is 0 Å². The zero-order chi connectivity index (χ0) is 11.8. The number of rotatable bonds is 1. The molecule has 1 aliphatic heterocycles. The van der Waals surface area contributed by atoms with Crippen LogP contribution in [0.5, 0.6) is 11.5 Å². The Hall–Kier alpha value is -2.17. The molecule has 0 bridgehead atoms. The monoisotopic (exact) mass is 232 g/mol. The molecule has 1 aliphatic rings. The highest BCUT2D eigenvalue weighted by Crippen LogP contribution is 2.36. The lowest BCUT2D eigenvalue weighted by Crippen LogP contribution is -2.15. The SMILES string of the molecule is Cc1cc2c(cc1-c1coc(N)n1)OCCO2. The van der Waals surface area contributed by atoms with Crippen LogP contribution in [0.2, 0.25) is 0 Å². The number of fused-ring (bicyclic) bond motifs is 1. The van der Waals surface area contributed by atoms with Gasteiger partial charge < -0.3 is 19.6 Å². The Balaban J connectivity index is 2.11. The molecule has 0 amide bonds. The van der Waals surface area contributed by atoms with E-state index in [1.54, 1.807) is 0 Å². The fourth-order valence-corrected chi connectivity index (χ4v) is 1.88. The van der Waals surface area contributed by atoms with Gasteiger partial charge in [0.25, 0.3) is 6.01 Å². The molecule has 0 saturated heterocycles. The van der Waals surface area contributed by atoms with Crippen molar-refractivity contribution in [1.29, 1.82) is 0 Å². The first-order chi connectivity index (χ1) is 8.24. The number of hydrogen-bond donors (Lipinski definition) is 1. The summed E-state index contributed by atoms with van der Waals surface area (Å²) in [6.45, 7) is 3.14. The summed E-state index contributed by atoms with van der Waals surface area (Å²) in [4.78, 5) is 4.11. The number of hydrogen-bond acceptors (Lipinski definition) is 5. The van der Waals surface area contributed by atoms with Crippen molar-refractivity contribution in [2.75, 3.05) is 18.9 Å². The summed E-state index contributed by atoms with van der Waals surface area (Å²) in [5, 5.41) is 0. The van der Waals surface area contributed by atoms with Crippen LogP contribution in [-0.2, 0) is 0 Å².